The molecule has 1 atom stereocenters. The zero-order valence-corrected chi connectivity index (χ0v) is 27.1. The number of pyridine rings is 1. The number of hydrogen-bond acceptors (Lipinski definition) is 6. The van der Waals surface area contributed by atoms with Crippen molar-refractivity contribution in [3.8, 4) is 11.1 Å². The highest BCUT2D eigenvalue weighted by Gasteiger charge is 2.25. The molecule has 12 heteroatoms. The normalized spacial score (nSPS) is 12.0. The van der Waals surface area contributed by atoms with Crippen LogP contribution in [0.25, 0.3) is 22.2 Å². The van der Waals surface area contributed by atoms with Crippen molar-refractivity contribution in [3.63, 3.8) is 0 Å². The fraction of sp³-hybridized carbons (Fsp3) is 0.278. The summed E-state index contributed by atoms with van der Waals surface area (Å²) < 4.78 is 35.4. The predicted octanol–water partition coefficient (Wildman–Crippen LogP) is 4.92. The summed E-state index contributed by atoms with van der Waals surface area (Å²) in [4.78, 5) is 42.9. The summed E-state index contributed by atoms with van der Waals surface area (Å²) in [7, 11) is 1.54. The maximum absolute atomic E-state index is 14.2. The van der Waals surface area contributed by atoms with Crippen LogP contribution in [0, 0.1) is 11.6 Å². The molecule has 248 valence electrons. The molecule has 0 unspecified atom stereocenters. The molecular weight excluding hydrogens is 618 g/mol. The van der Waals surface area contributed by atoms with Gasteiger partial charge in [0.05, 0.1) is 11.7 Å². The summed E-state index contributed by atoms with van der Waals surface area (Å²) in [6, 6.07) is 18.5. The second kappa shape index (κ2) is 14.5. The number of carbonyl (C=O) groups excluding carboxylic acids is 3. The highest BCUT2D eigenvalue weighted by Crippen LogP contribution is 2.30. The van der Waals surface area contributed by atoms with Crippen LogP contribution < -0.4 is 15.3 Å². The summed E-state index contributed by atoms with van der Waals surface area (Å²) in [5.41, 5.74) is 4.10. The third kappa shape index (κ3) is 8.64. The quantitative estimate of drug-likeness (QED) is 0.137. The number of aryl methyl sites for hydroxylation is 1. The summed E-state index contributed by atoms with van der Waals surface area (Å²) in [5, 5.41) is 12.8. The van der Waals surface area contributed by atoms with Gasteiger partial charge in [0.25, 0.3) is 11.8 Å². The highest BCUT2D eigenvalue weighted by molar-refractivity contribution is 5.95. The number of benzene rings is 3. The molecule has 0 fully saturated rings. The van der Waals surface area contributed by atoms with Crippen LogP contribution in [0.2, 0.25) is 0 Å². The molecule has 48 heavy (non-hydrogen) atoms. The lowest BCUT2D eigenvalue weighted by molar-refractivity contribution is -0.719. The van der Waals surface area contributed by atoms with Gasteiger partial charge in [0, 0.05) is 42.0 Å². The molecule has 5 aromatic rings. The van der Waals surface area contributed by atoms with E-state index in [1.807, 2.05) is 45.0 Å². The molecule has 0 saturated heterocycles. The van der Waals surface area contributed by atoms with Gasteiger partial charge < -0.3 is 15.4 Å². The monoisotopic (exact) mass is 655 g/mol. The average molecular weight is 656 g/mol. The van der Waals surface area contributed by atoms with Gasteiger partial charge in [0.15, 0.2) is 6.54 Å². The Hall–Kier alpha value is -5.52. The zero-order chi connectivity index (χ0) is 34.4. The van der Waals surface area contributed by atoms with Crippen LogP contribution in [0.1, 0.15) is 60.4 Å². The van der Waals surface area contributed by atoms with E-state index in [0.717, 1.165) is 11.6 Å². The minimum absolute atomic E-state index is 0.0305. The Labute approximate surface area is 276 Å². The molecule has 0 aliphatic carbocycles. The number of H-pyrrole nitrogens is 1. The Morgan fingerprint density at radius 1 is 0.958 bits per heavy atom. The number of ether oxygens (including phenoxy) is 1. The Kier molecular flexibility index (Phi) is 10.2. The third-order valence-corrected chi connectivity index (χ3v) is 7.49. The summed E-state index contributed by atoms with van der Waals surface area (Å²) in [6.45, 7) is 5.29. The second-order valence-corrected chi connectivity index (χ2v) is 12.4. The number of aromatic amines is 1. The summed E-state index contributed by atoms with van der Waals surface area (Å²) in [5.74, 6) is -2.46. The van der Waals surface area contributed by atoms with Gasteiger partial charge in [-0.3, -0.25) is 19.4 Å². The Balaban J connectivity index is 1.42. The van der Waals surface area contributed by atoms with E-state index in [1.54, 1.807) is 48.3 Å². The number of rotatable bonds is 11. The summed E-state index contributed by atoms with van der Waals surface area (Å²) >= 11 is 0. The first-order valence-electron chi connectivity index (χ1n) is 15.5. The third-order valence-electron chi connectivity index (χ3n) is 7.49. The van der Waals surface area contributed by atoms with Crippen molar-refractivity contribution in [1.82, 2.24) is 25.9 Å². The molecule has 0 spiro atoms. The minimum Gasteiger partial charge on any atom is -0.460 e. The number of carbonyl (C=O) groups is 3. The van der Waals surface area contributed by atoms with Crippen LogP contribution >= 0.6 is 0 Å². The van der Waals surface area contributed by atoms with Gasteiger partial charge in [-0.05, 0) is 92.8 Å². The molecule has 2 heterocycles. The van der Waals surface area contributed by atoms with Crippen molar-refractivity contribution >= 4 is 28.8 Å². The standard InChI is InChI=1S/C36H36F2N6O4/c1-36(2,3)48-33(46)13-11-22-10-12-29-31(18-22)44(43-42-29)21-32(45)41-30(17-23-15-26(37)20-27(38)16-23)34-28(9-6-14-40-34)24-7-5-8-25(19-24)35(47)39-4/h5-10,12,14-16,18-20,30H,11,13,17,21H2,1-4H3,(H2,39,41,45,47)/p+1/t30-/m0/s1. The van der Waals surface area contributed by atoms with Crippen molar-refractivity contribution in [3.05, 3.63) is 113 Å². The molecule has 2 aromatic heterocycles. The topological polar surface area (TPSA) is 130 Å². The molecule has 2 amide bonds. The van der Waals surface area contributed by atoms with Gasteiger partial charge >= 0.3 is 5.97 Å². The first-order chi connectivity index (χ1) is 22.9. The molecular formula is C36H37F2N6O4+. The van der Waals surface area contributed by atoms with E-state index >= 15 is 0 Å². The molecule has 5 rings (SSSR count). The van der Waals surface area contributed by atoms with Crippen LogP contribution in [0.3, 0.4) is 0 Å². The van der Waals surface area contributed by atoms with Crippen LogP contribution in [-0.2, 0) is 33.7 Å². The largest absolute Gasteiger partial charge is 0.460 e. The van der Waals surface area contributed by atoms with Crippen molar-refractivity contribution < 1.29 is 32.6 Å². The first-order valence-corrected chi connectivity index (χ1v) is 15.5. The molecule has 0 radical (unpaired) electrons. The Bertz CT molecular complexity index is 1950. The highest BCUT2D eigenvalue weighted by atomic mass is 19.1. The first kappa shape index (κ1) is 33.8. The van der Waals surface area contributed by atoms with Crippen molar-refractivity contribution in [2.45, 2.75) is 58.2 Å². The Morgan fingerprint density at radius 2 is 1.73 bits per heavy atom. The van der Waals surface area contributed by atoms with E-state index in [1.165, 1.54) is 12.1 Å². The second-order valence-electron chi connectivity index (χ2n) is 12.4. The van der Waals surface area contributed by atoms with E-state index in [2.05, 4.69) is 25.9 Å². The van der Waals surface area contributed by atoms with E-state index in [4.69, 9.17) is 4.74 Å². The number of esters is 1. The molecule has 3 N–H and O–H groups in total. The maximum Gasteiger partial charge on any atom is 0.306 e. The van der Waals surface area contributed by atoms with E-state index in [9.17, 15) is 23.2 Å². The van der Waals surface area contributed by atoms with Gasteiger partial charge in [0.1, 0.15) is 17.2 Å². The number of halogens is 2. The molecule has 0 aliphatic rings. The van der Waals surface area contributed by atoms with Gasteiger partial charge in [0.2, 0.25) is 11.0 Å². The number of amides is 2. The maximum atomic E-state index is 14.2. The number of fused-ring (bicyclic) bond motifs is 1. The molecule has 0 aliphatic heterocycles. The Morgan fingerprint density at radius 3 is 2.46 bits per heavy atom. The number of aromatic nitrogens is 4. The molecule has 0 saturated carbocycles. The van der Waals surface area contributed by atoms with E-state index in [0.29, 0.717) is 45.4 Å². The van der Waals surface area contributed by atoms with Gasteiger partial charge in [-0.1, -0.05) is 29.5 Å². The van der Waals surface area contributed by atoms with Gasteiger partial charge in [-0.25, -0.2) is 8.78 Å². The van der Waals surface area contributed by atoms with Crippen LogP contribution in [0.4, 0.5) is 8.78 Å². The van der Waals surface area contributed by atoms with Crippen molar-refractivity contribution in [2.75, 3.05) is 7.05 Å². The van der Waals surface area contributed by atoms with Crippen LogP contribution in [0.5, 0.6) is 0 Å². The van der Waals surface area contributed by atoms with Crippen LogP contribution in [-0.4, -0.2) is 45.7 Å². The fourth-order valence-corrected chi connectivity index (χ4v) is 5.44. The lowest BCUT2D eigenvalue weighted by Gasteiger charge is -2.21. The zero-order valence-electron chi connectivity index (χ0n) is 27.1. The molecule has 3 aromatic carbocycles. The van der Waals surface area contributed by atoms with Crippen LogP contribution in [0.15, 0.2) is 79.0 Å². The van der Waals surface area contributed by atoms with Crippen molar-refractivity contribution in [1.29, 1.82) is 0 Å². The van der Waals surface area contributed by atoms with Gasteiger partial charge in [-0.15, -0.1) is 4.68 Å². The number of hydrogen-bond donors (Lipinski definition) is 3. The number of nitrogens with one attached hydrogen (secondary N) is 3. The van der Waals surface area contributed by atoms with E-state index in [-0.39, 0.29) is 31.3 Å². The fourth-order valence-electron chi connectivity index (χ4n) is 5.44. The van der Waals surface area contributed by atoms with E-state index < -0.39 is 29.2 Å². The minimum atomic E-state index is -0.808. The number of nitrogens with zero attached hydrogens (tertiary/aromatic N) is 3. The summed E-state index contributed by atoms with van der Waals surface area (Å²) in [6.07, 6.45) is 2.24. The molecule has 10 nitrogen and oxygen atoms in total. The predicted molar refractivity (Wildman–Crippen MR) is 174 cm³/mol. The smallest absolute Gasteiger partial charge is 0.306 e. The average Bonchev–Trinajstić information content (AvgIpc) is 3.43. The van der Waals surface area contributed by atoms with Crippen molar-refractivity contribution in [2.24, 2.45) is 0 Å². The molecule has 0 bridgehead atoms. The SMILES string of the molecule is CNC(=O)c1cccc(-c2cccnc2[C@H](Cc2cc(F)cc(F)c2)NC(=O)C[n+]2[nH]nc3ccc(CCC(=O)OC(C)(C)C)cc32)c1. The lowest BCUT2D eigenvalue weighted by atomic mass is 9.94. The van der Waals surface area contributed by atoms with Gasteiger partial charge in [-0.2, -0.15) is 0 Å². The lowest BCUT2D eigenvalue weighted by Crippen LogP contribution is -2.46.